The molecule has 1 atom stereocenters. The van der Waals surface area contributed by atoms with Crippen LogP contribution in [0.3, 0.4) is 0 Å². The van der Waals surface area contributed by atoms with Crippen LogP contribution in [0.15, 0.2) is 0 Å². The van der Waals surface area contributed by atoms with Gasteiger partial charge >= 0.3 is 0 Å². The Hall–Kier alpha value is 0.0249. The highest BCUT2D eigenvalue weighted by Gasteiger charge is 2.06. The number of hydrogen-bond acceptors (Lipinski definition) is 1. The zero-order valence-electron chi connectivity index (χ0n) is 8.43. The van der Waals surface area contributed by atoms with Gasteiger partial charge in [0.1, 0.15) is 7.28 Å². The highest BCUT2D eigenvalue weighted by atomic mass is 15.1. The van der Waals surface area contributed by atoms with E-state index in [4.69, 9.17) is 0 Å². The first-order chi connectivity index (χ1) is 5.24. The minimum absolute atomic E-state index is 0.866. The van der Waals surface area contributed by atoms with E-state index in [9.17, 15) is 0 Å². The van der Waals surface area contributed by atoms with Crippen LogP contribution in [0.1, 0.15) is 20.3 Å². The van der Waals surface area contributed by atoms with Crippen molar-refractivity contribution in [3.8, 4) is 0 Å². The summed E-state index contributed by atoms with van der Waals surface area (Å²) in [6.45, 7) is 9.05. The van der Waals surface area contributed by atoms with Crippen LogP contribution in [0.4, 0.5) is 0 Å². The van der Waals surface area contributed by atoms with Gasteiger partial charge in [-0.25, -0.2) is 0 Å². The number of nitrogens with zero attached hydrogens (tertiary/aromatic N) is 1. The quantitative estimate of drug-likeness (QED) is 0.529. The molecule has 0 N–H and O–H groups in total. The molecule has 0 bridgehead atoms. The highest BCUT2D eigenvalue weighted by Crippen LogP contribution is 2.09. The Morgan fingerprint density at radius 2 is 2.00 bits per heavy atom. The summed E-state index contributed by atoms with van der Waals surface area (Å²) < 4.78 is 0. The van der Waals surface area contributed by atoms with Crippen molar-refractivity contribution >= 4 is 7.28 Å². The van der Waals surface area contributed by atoms with Gasteiger partial charge in [0.25, 0.3) is 0 Å². The minimum Gasteiger partial charge on any atom is -0.306 e. The van der Waals surface area contributed by atoms with Crippen LogP contribution >= 0.6 is 0 Å². The first-order valence-electron chi connectivity index (χ1n) is 4.70. The molecule has 0 aromatic carbocycles. The first kappa shape index (κ1) is 11.0. The van der Waals surface area contributed by atoms with E-state index in [2.05, 4.69) is 39.9 Å². The fourth-order valence-electron chi connectivity index (χ4n) is 1.27. The smallest absolute Gasteiger partial charge is 0.106 e. The molecule has 0 heterocycles. The van der Waals surface area contributed by atoms with Crippen LogP contribution in [0, 0.1) is 5.92 Å². The monoisotopic (exact) mass is 154 g/mol. The van der Waals surface area contributed by atoms with Crippen LogP contribution in [0.25, 0.3) is 0 Å². The molecule has 0 amide bonds. The lowest BCUT2D eigenvalue weighted by Gasteiger charge is -2.21. The predicted molar refractivity (Wildman–Crippen MR) is 53.4 cm³/mol. The second kappa shape index (κ2) is 6.72. The summed E-state index contributed by atoms with van der Waals surface area (Å²) in [7, 11) is 4.47. The molecule has 0 aromatic heterocycles. The average molecular weight is 154 g/mol. The van der Waals surface area contributed by atoms with Gasteiger partial charge < -0.3 is 4.90 Å². The molecule has 1 unspecified atom stereocenters. The van der Waals surface area contributed by atoms with Gasteiger partial charge in [-0.15, -0.1) is 0 Å². The average Bonchev–Trinajstić information content (AvgIpc) is 2.03. The van der Waals surface area contributed by atoms with Gasteiger partial charge in [-0.3, -0.25) is 0 Å². The van der Waals surface area contributed by atoms with Crippen molar-refractivity contribution in [1.82, 2.24) is 4.90 Å². The molecule has 0 rings (SSSR count). The van der Waals surface area contributed by atoms with Gasteiger partial charge in [0.15, 0.2) is 0 Å². The third kappa shape index (κ3) is 5.31. The molecule has 0 fully saturated rings. The Morgan fingerprint density at radius 3 is 2.36 bits per heavy atom. The van der Waals surface area contributed by atoms with E-state index in [1.807, 2.05) is 0 Å². The molecule has 0 aliphatic heterocycles. The normalized spacial score (nSPS) is 13.5. The van der Waals surface area contributed by atoms with Crippen molar-refractivity contribution in [2.24, 2.45) is 5.92 Å². The second-order valence-corrected chi connectivity index (χ2v) is 3.27. The molecule has 1 radical (unpaired) electrons. The molecule has 0 spiro atoms. The zero-order valence-corrected chi connectivity index (χ0v) is 8.43. The van der Waals surface area contributed by atoms with Gasteiger partial charge in [-0.1, -0.05) is 33.4 Å². The largest absolute Gasteiger partial charge is 0.306 e. The molecule has 1 nitrogen and oxygen atoms in total. The first-order valence-corrected chi connectivity index (χ1v) is 4.70. The van der Waals surface area contributed by atoms with Gasteiger partial charge in [0.2, 0.25) is 0 Å². The molecule has 11 heavy (non-hydrogen) atoms. The predicted octanol–water partition coefficient (Wildman–Crippen LogP) is 2.13. The molecule has 0 saturated carbocycles. The maximum Gasteiger partial charge on any atom is 0.106 e. The van der Waals surface area contributed by atoms with E-state index in [0.29, 0.717) is 0 Å². The van der Waals surface area contributed by atoms with E-state index in [0.717, 1.165) is 5.92 Å². The van der Waals surface area contributed by atoms with E-state index in [1.54, 1.807) is 0 Å². The summed E-state index contributed by atoms with van der Waals surface area (Å²) in [4.78, 5) is 2.39. The lowest BCUT2D eigenvalue weighted by atomic mass is 9.71. The molecule has 0 aromatic rings. The van der Waals surface area contributed by atoms with Crippen LogP contribution in [-0.4, -0.2) is 32.3 Å². The Labute approximate surface area is 72.4 Å². The Balaban J connectivity index is 3.49. The van der Waals surface area contributed by atoms with E-state index < -0.39 is 0 Å². The van der Waals surface area contributed by atoms with Crippen molar-refractivity contribution in [1.29, 1.82) is 0 Å². The number of hydrogen-bond donors (Lipinski definition) is 0. The maximum atomic E-state index is 2.39. The van der Waals surface area contributed by atoms with Crippen molar-refractivity contribution in [3.63, 3.8) is 0 Å². The van der Waals surface area contributed by atoms with Crippen LogP contribution in [0.5, 0.6) is 0 Å². The van der Waals surface area contributed by atoms with E-state index in [1.165, 1.54) is 25.8 Å². The summed E-state index contributed by atoms with van der Waals surface area (Å²) >= 11 is 0. The summed E-state index contributed by atoms with van der Waals surface area (Å²) in [5, 5.41) is 0. The van der Waals surface area contributed by atoms with Crippen LogP contribution < -0.4 is 0 Å². The van der Waals surface area contributed by atoms with E-state index >= 15 is 0 Å². The fourth-order valence-corrected chi connectivity index (χ4v) is 1.27. The van der Waals surface area contributed by atoms with Gasteiger partial charge in [-0.2, -0.15) is 0 Å². The molecular weight excluding hydrogens is 133 g/mol. The Morgan fingerprint density at radius 1 is 1.36 bits per heavy atom. The Kier molecular flexibility index (Phi) is 6.73. The van der Waals surface area contributed by atoms with Gasteiger partial charge in [0, 0.05) is 0 Å². The molecule has 2 heteroatoms. The van der Waals surface area contributed by atoms with Crippen LogP contribution in [0.2, 0.25) is 13.1 Å². The third-order valence-electron chi connectivity index (χ3n) is 2.26. The standard InChI is InChI=1S/C9H21BN/c1-5-9(7-10-3)8-11(4)6-2/h9H,5-8H2,1-4H3. The van der Waals surface area contributed by atoms with Crippen molar-refractivity contribution in [2.75, 3.05) is 20.1 Å². The van der Waals surface area contributed by atoms with Gasteiger partial charge in [-0.05, 0) is 26.1 Å². The third-order valence-corrected chi connectivity index (χ3v) is 2.26. The molecule has 0 saturated heterocycles. The minimum atomic E-state index is 0.866. The lowest BCUT2D eigenvalue weighted by molar-refractivity contribution is 0.295. The highest BCUT2D eigenvalue weighted by molar-refractivity contribution is 6.33. The molecular formula is C9H21BN. The topological polar surface area (TPSA) is 3.24 Å². The lowest BCUT2D eigenvalue weighted by Crippen LogP contribution is -2.25. The fraction of sp³-hybridized carbons (Fsp3) is 1.00. The second-order valence-electron chi connectivity index (χ2n) is 3.27. The summed E-state index contributed by atoms with van der Waals surface area (Å²) in [5.74, 6) is 0.866. The summed E-state index contributed by atoms with van der Waals surface area (Å²) in [5.41, 5.74) is 0. The van der Waals surface area contributed by atoms with Crippen molar-refractivity contribution < 1.29 is 0 Å². The Bertz CT molecular complexity index is 85.6. The molecule has 0 aliphatic rings. The zero-order chi connectivity index (χ0) is 8.69. The molecule has 65 valence electrons. The van der Waals surface area contributed by atoms with E-state index in [-0.39, 0.29) is 0 Å². The van der Waals surface area contributed by atoms with Crippen LogP contribution in [-0.2, 0) is 0 Å². The van der Waals surface area contributed by atoms with Crippen molar-refractivity contribution in [3.05, 3.63) is 0 Å². The maximum absolute atomic E-state index is 2.39. The van der Waals surface area contributed by atoms with Gasteiger partial charge in [0.05, 0.1) is 0 Å². The molecule has 0 aliphatic carbocycles. The summed E-state index contributed by atoms with van der Waals surface area (Å²) in [6.07, 6.45) is 2.57. The van der Waals surface area contributed by atoms with Crippen molar-refractivity contribution in [2.45, 2.75) is 33.4 Å². The SMILES string of the molecule is C[B]CC(CC)CN(C)CC. The number of rotatable bonds is 6. The summed E-state index contributed by atoms with van der Waals surface area (Å²) in [6, 6.07) is 0.